The van der Waals surface area contributed by atoms with E-state index in [1.165, 1.54) is 12.8 Å². The lowest BCUT2D eigenvalue weighted by Crippen LogP contribution is -2.36. The number of nitriles is 1. The van der Waals surface area contributed by atoms with Crippen molar-refractivity contribution in [1.29, 1.82) is 5.26 Å². The largest absolute Gasteiger partial charge is 0.368 e. The van der Waals surface area contributed by atoms with E-state index in [1.807, 2.05) is 18.2 Å². The monoisotopic (exact) mass is 230 g/mol. The molecule has 0 bridgehead atoms. The maximum absolute atomic E-state index is 8.76. The predicted molar refractivity (Wildman–Crippen MR) is 67.7 cm³/mol. The Bertz CT molecular complexity index is 420. The molecule has 1 aromatic heterocycles. The molecule has 2 rings (SSSR count). The number of rotatable bonds is 5. The Balaban J connectivity index is 1.86. The van der Waals surface area contributed by atoms with Crippen molar-refractivity contribution in [1.82, 2.24) is 9.88 Å². The molecule has 1 atom stereocenters. The fourth-order valence-corrected chi connectivity index (χ4v) is 1.83. The van der Waals surface area contributed by atoms with Crippen LogP contribution in [0, 0.1) is 11.3 Å². The molecular formula is C13H18N4. The minimum Gasteiger partial charge on any atom is -0.368 e. The van der Waals surface area contributed by atoms with Gasteiger partial charge < -0.3 is 5.32 Å². The van der Waals surface area contributed by atoms with E-state index < -0.39 is 0 Å². The minimum absolute atomic E-state index is 0.457. The van der Waals surface area contributed by atoms with Gasteiger partial charge >= 0.3 is 0 Å². The Hall–Kier alpha value is -1.60. The van der Waals surface area contributed by atoms with Crippen molar-refractivity contribution in [3.8, 4) is 6.07 Å². The number of nitrogens with one attached hydrogen (secondary N) is 1. The van der Waals surface area contributed by atoms with Crippen LogP contribution >= 0.6 is 0 Å². The second-order valence-corrected chi connectivity index (χ2v) is 4.65. The van der Waals surface area contributed by atoms with Crippen LogP contribution in [0.15, 0.2) is 18.2 Å². The summed E-state index contributed by atoms with van der Waals surface area (Å²) in [5.41, 5.74) is 0.457. The summed E-state index contributed by atoms with van der Waals surface area (Å²) in [4.78, 5) is 6.60. The topological polar surface area (TPSA) is 52.0 Å². The van der Waals surface area contributed by atoms with Crippen LogP contribution < -0.4 is 5.32 Å². The molecule has 1 saturated carbocycles. The van der Waals surface area contributed by atoms with E-state index in [2.05, 4.69) is 29.2 Å². The van der Waals surface area contributed by atoms with E-state index in [-0.39, 0.29) is 0 Å². The molecule has 4 nitrogen and oxygen atoms in total. The summed E-state index contributed by atoms with van der Waals surface area (Å²) in [6.07, 6.45) is 2.64. The number of hydrogen-bond donors (Lipinski definition) is 1. The second kappa shape index (κ2) is 5.15. The highest BCUT2D eigenvalue weighted by molar-refractivity contribution is 5.38. The van der Waals surface area contributed by atoms with Gasteiger partial charge in [0.2, 0.25) is 0 Å². The number of aromatic nitrogens is 1. The van der Waals surface area contributed by atoms with Gasteiger partial charge in [-0.15, -0.1) is 0 Å². The van der Waals surface area contributed by atoms with E-state index in [0.29, 0.717) is 11.7 Å². The normalized spacial score (nSPS) is 16.6. The molecule has 17 heavy (non-hydrogen) atoms. The van der Waals surface area contributed by atoms with Gasteiger partial charge in [-0.25, -0.2) is 4.98 Å². The smallest absolute Gasteiger partial charge is 0.142 e. The molecule has 0 amide bonds. The van der Waals surface area contributed by atoms with Crippen LogP contribution in [0.25, 0.3) is 0 Å². The molecule has 0 saturated heterocycles. The molecule has 1 N–H and O–H groups in total. The Morgan fingerprint density at radius 3 is 3.00 bits per heavy atom. The quantitative estimate of drug-likeness (QED) is 0.838. The summed E-state index contributed by atoms with van der Waals surface area (Å²) in [5.74, 6) is 0.778. The summed E-state index contributed by atoms with van der Waals surface area (Å²) in [5, 5.41) is 12.0. The van der Waals surface area contributed by atoms with Crippen molar-refractivity contribution in [2.45, 2.75) is 31.8 Å². The molecule has 0 aromatic carbocycles. The highest BCUT2D eigenvalue weighted by atomic mass is 15.2. The molecule has 1 aliphatic carbocycles. The molecule has 1 aliphatic rings. The first-order valence-electron chi connectivity index (χ1n) is 6.03. The number of pyridine rings is 1. The summed E-state index contributed by atoms with van der Waals surface area (Å²) >= 11 is 0. The van der Waals surface area contributed by atoms with E-state index in [4.69, 9.17) is 5.26 Å². The molecule has 0 spiro atoms. The maximum atomic E-state index is 8.76. The molecule has 0 aliphatic heterocycles. The van der Waals surface area contributed by atoms with Crippen molar-refractivity contribution in [2.24, 2.45) is 0 Å². The van der Waals surface area contributed by atoms with Crippen molar-refractivity contribution in [2.75, 3.05) is 18.9 Å². The molecule has 0 radical (unpaired) electrons. The average Bonchev–Trinajstić information content (AvgIpc) is 3.19. The SMILES string of the molecule is CC(CNc1cccc(C#N)n1)N(C)C1CC1. The van der Waals surface area contributed by atoms with Gasteiger partial charge in [-0.1, -0.05) is 6.07 Å². The van der Waals surface area contributed by atoms with E-state index in [9.17, 15) is 0 Å². The predicted octanol–water partition coefficient (Wildman–Crippen LogP) is 1.85. The van der Waals surface area contributed by atoms with Crippen molar-refractivity contribution in [3.05, 3.63) is 23.9 Å². The van der Waals surface area contributed by atoms with Crippen LogP contribution in [0.5, 0.6) is 0 Å². The summed E-state index contributed by atoms with van der Waals surface area (Å²) < 4.78 is 0. The summed E-state index contributed by atoms with van der Waals surface area (Å²) in [6.45, 7) is 3.06. The van der Waals surface area contributed by atoms with E-state index in [0.717, 1.165) is 18.4 Å². The maximum Gasteiger partial charge on any atom is 0.142 e. The molecule has 1 unspecified atom stereocenters. The Labute approximate surface area is 102 Å². The van der Waals surface area contributed by atoms with Gasteiger partial charge in [-0.05, 0) is 38.9 Å². The standard InChI is InChI=1S/C13H18N4/c1-10(17(2)12-6-7-12)9-15-13-5-3-4-11(8-14)16-13/h3-5,10,12H,6-7,9H2,1-2H3,(H,15,16). The van der Waals surface area contributed by atoms with E-state index in [1.54, 1.807) is 6.07 Å². The lowest BCUT2D eigenvalue weighted by atomic mass is 10.3. The molecular weight excluding hydrogens is 212 g/mol. The molecule has 1 fully saturated rings. The zero-order chi connectivity index (χ0) is 12.3. The van der Waals surface area contributed by atoms with Crippen LogP contribution in [0.1, 0.15) is 25.5 Å². The number of hydrogen-bond acceptors (Lipinski definition) is 4. The van der Waals surface area contributed by atoms with Crippen LogP contribution in [-0.4, -0.2) is 35.6 Å². The van der Waals surface area contributed by atoms with Crippen LogP contribution in [0.4, 0.5) is 5.82 Å². The van der Waals surface area contributed by atoms with Crippen molar-refractivity contribution >= 4 is 5.82 Å². The third-order valence-corrected chi connectivity index (χ3v) is 3.26. The third kappa shape index (κ3) is 3.18. The van der Waals surface area contributed by atoms with Gasteiger partial charge in [0.05, 0.1) is 0 Å². The number of likely N-dealkylation sites (N-methyl/N-ethyl adjacent to an activating group) is 1. The highest BCUT2D eigenvalue weighted by Gasteiger charge is 2.28. The molecule has 90 valence electrons. The van der Waals surface area contributed by atoms with Gasteiger partial charge in [0.1, 0.15) is 17.6 Å². The highest BCUT2D eigenvalue weighted by Crippen LogP contribution is 2.26. The lowest BCUT2D eigenvalue weighted by Gasteiger charge is -2.24. The van der Waals surface area contributed by atoms with Crippen LogP contribution in [0.2, 0.25) is 0 Å². The third-order valence-electron chi connectivity index (χ3n) is 3.26. The fourth-order valence-electron chi connectivity index (χ4n) is 1.83. The van der Waals surface area contributed by atoms with Gasteiger partial charge in [0.25, 0.3) is 0 Å². The summed E-state index contributed by atoms with van der Waals surface area (Å²) in [6, 6.07) is 8.75. The van der Waals surface area contributed by atoms with Gasteiger partial charge in [0, 0.05) is 18.6 Å². The Morgan fingerprint density at radius 1 is 1.59 bits per heavy atom. The average molecular weight is 230 g/mol. The van der Waals surface area contributed by atoms with Crippen molar-refractivity contribution < 1.29 is 0 Å². The number of nitrogens with zero attached hydrogens (tertiary/aromatic N) is 3. The van der Waals surface area contributed by atoms with Crippen molar-refractivity contribution in [3.63, 3.8) is 0 Å². The van der Waals surface area contributed by atoms with Gasteiger partial charge in [0.15, 0.2) is 0 Å². The van der Waals surface area contributed by atoms with Crippen LogP contribution in [-0.2, 0) is 0 Å². The Morgan fingerprint density at radius 2 is 2.35 bits per heavy atom. The first-order chi connectivity index (χ1) is 8.20. The Kier molecular flexibility index (Phi) is 3.60. The molecule has 1 heterocycles. The fraction of sp³-hybridized carbons (Fsp3) is 0.538. The first-order valence-corrected chi connectivity index (χ1v) is 6.03. The molecule has 4 heteroatoms. The lowest BCUT2D eigenvalue weighted by molar-refractivity contribution is 0.257. The number of anilines is 1. The van der Waals surface area contributed by atoms with Gasteiger partial charge in [-0.3, -0.25) is 4.90 Å². The van der Waals surface area contributed by atoms with Crippen LogP contribution in [0.3, 0.4) is 0 Å². The zero-order valence-electron chi connectivity index (χ0n) is 10.3. The zero-order valence-corrected chi connectivity index (χ0v) is 10.3. The first kappa shape index (κ1) is 11.9. The molecule has 1 aromatic rings. The minimum atomic E-state index is 0.457. The van der Waals surface area contributed by atoms with Gasteiger partial charge in [-0.2, -0.15) is 5.26 Å². The van der Waals surface area contributed by atoms with E-state index >= 15 is 0 Å². The summed E-state index contributed by atoms with van der Waals surface area (Å²) in [7, 11) is 2.17. The second-order valence-electron chi connectivity index (χ2n) is 4.65.